The molecular formula is C15H13N3O2. The lowest BCUT2D eigenvalue weighted by Gasteiger charge is -2.10. The highest BCUT2D eigenvalue weighted by Crippen LogP contribution is 2.13. The molecule has 0 saturated carbocycles. The molecule has 0 aliphatic carbocycles. The van der Waals surface area contributed by atoms with Gasteiger partial charge in [0, 0.05) is 6.54 Å². The third kappa shape index (κ3) is 3.56. The van der Waals surface area contributed by atoms with Gasteiger partial charge in [-0.05, 0) is 23.3 Å². The summed E-state index contributed by atoms with van der Waals surface area (Å²) in [6.45, 7) is 0.511. The summed E-state index contributed by atoms with van der Waals surface area (Å²) in [6.07, 6.45) is 1.59. The molecule has 0 aliphatic rings. The van der Waals surface area contributed by atoms with Crippen molar-refractivity contribution in [3.05, 3.63) is 59.4 Å². The largest absolute Gasteiger partial charge is 0.481 e. The molecule has 0 saturated heterocycles. The minimum absolute atomic E-state index is 0.00345. The predicted molar refractivity (Wildman–Crippen MR) is 74.1 cm³/mol. The summed E-state index contributed by atoms with van der Waals surface area (Å²) in [4.78, 5) is 14.8. The van der Waals surface area contributed by atoms with Crippen LogP contribution in [0.4, 0.5) is 5.69 Å². The number of hydrogen-bond acceptors (Lipinski definition) is 4. The fourth-order valence-corrected chi connectivity index (χ4v) is 1.83. The molecule has 2 aromatic rings. The average molecular weight is 267 g/mol. The normalized spacial score (nSPS) is 9.75. The predicted octanol–water partition coefficient (Wildman–Crippen LogP) is 2.19. The molecule has 20 heavy (non-hydrogen) atoms. The smallest absolute Gasteiger partial charge is 0.307 e. The van der Waals surface area contributed by atoms with Gasteiger partial charge in [-0.15, -0.1) is 0 Å². The summed E-state index contributed by atoms with van der Waals surface area (Å²) >= 11 is 0. The topological polar surface area (TPSA) is 86.0 Å². The van der Waals surface area contributed by atoms with E-state index in [1.165, 1.54) is 0 Å². The van der Waals surface area contributed by atoms with Crippen molar-refractivity contribution in [2.45, 2.75) is 13.0 Å². The van der Waals surface area contributed by atoms with Crippen LogP contribution in [0.5, 0.6) is 0 Å². The minimum Gasteiger partial charge on any atom is -0.481 e. The maximum Gasteiger partial charge on any atom is 0.307 e. The number of carbonyl (C=O) groups is 1. The van der Waals surface area contributed by atoms with Gasteiger partial charge >= 0.3 is 5.97 Å². The van der Waals surface area contributed by atoms with E-state index in [0.29, 0.717) is 12.2 Å². The minimum atomic E-state index is -0.850. The number of pyridine rings is 1. The van der Waals surface area contributed by atoms with E-state index in [4.69, 9.17) is 10.4 Å². The fourth-order valence-electron chi connectivity index (χ4n) is 1.83. The Hall–Kier alpha value is -2.87. The number of aliphatic carboxylic acids is 1. The maximum atomic E-state index is 10.8. The first-order valence-corrected chi connectivity index (χ1v) is 6.07. The van der Waals surface area contributed by atoms with Crippen molar-refractivity contribution >= 4 is 11.7 Å². The number of nitriles is 1. The summed E-state index contributed by atoms with van der Waals surface area (Å²) in [7, 11) is 0. The van der Waals surface area contributed by atoms with Gasteiger partial charge in [0.1, 0.15) is 11.8 Å². The molecule has 100 valence electrons. The Kier molecular flexibility index (Phi) is 4.30. The molecule has 0 amide bonds. The van der Waals surface area contributed by atoms with Crippen molar-refractivity contribution in [1.82, 2.24) is 4.98 Å². The van der Waals surface area contributed by atoms with E-state index in [2.05, 4.69) is 10.3 Å². The Balaban J connectivity index is 2.06. The number of hydrogen-bond donors (Lipinski definition) is 2. The quantitative estimate of drug-likeness (QED) is 0.867. The zero-order valence-electron chi connectivity index (χ0n) is 10.7. The lowest BCUT2D eigenvalue weighted by molar-refractivity contribution is -0.136. The summed E-state index contributed by atoms with van der Waals surface area (Å²) in [5.74, 6) is -0.850. The van der Waals surface area contributed by atoms with E-state index in [-0.39, 0.29) is 6.42 Å². The first-order chi connectivity index (χ1) is 9.69. The molecule has 0 fully saturated rings. The molecule has 5 heteroatoms. The Morgan fingerprint density at radius 1 is 1.25 bits per heavy atom. The van der Waals surface area contributed by atoms with Gasteiger partial charge in [0.25, 0.3) is 0 Å². The maximum absolute atomic E-state index is 10.8. The van der Waals surface area contributed by atoms with Crippen LogP contribution in [0.1, 0.15) is 16.8 Å². The molecule has 2 N–H and O–H groups in total. The fraction of sp³-hybridized carbons (Fsp3) is 0.133. The van der Waals surface area contributed by atoms with Crippen molar-refractivity contribution in [3.63, 3.8) is 0 Å². The van der Waals surface area contributed by atoms with E-state index < -0.39 is 5.97 Å². The molecule has 0 atom stereocenters. The number of carboxylic acid groups (broad SMARTS) is 1. The molecular weight excluding hydrogens is 254 g/mol. The van der Waals surface area contributed by atoms with Crippen LogP contribution >= 0.6 is 0 Å². The van der Waals surface area contributed by atoms with Crippen LogP contribution in [0.3, 0.4) is 0 Å². The standard InChI is InChI=1S/C15H13N3O2/c16-8-13-5-6-14(10-18-13)17-9-12-4-2-1-3-11(12)7-15(19)20/h1-6,10,17H,7,9H2,(H,19,20). The number of aromatic nitrogens is 1. The van der Waals surface area contributed by atoms with Crippen LogP contribution in [-0.4, -0.2) is 16.1 Å². The molecule has 0 aliphatic heterocycles. The van der Waals surface area contributed by atoms with Crippen molar-refractivity contribution in [2.75, 3.05) is 5.32 Å². The lowest BCUT2D eigenvalue weighted by atomic mass is 10.0. The van der Waals surface area contributed by atoms with Gasteiger partial charge in [-0.3, -0.25) is 4.79 Å². The molecule has 0 unspecified atom stereocenters. The number of rotatable bonds is 5. The molecule has 1 aromatic carbocycles. The number of nitrogens with zero attached hydrogens (tertiary/aromatic N) is 2. The van der Waals surface area contributed by atoms with Crippen LogP contribution < -0.4 is 5.32 Å². The molecule has 2 rings (SSSR count). The Morgan fingerprint density at radius 3 is 2.60 bits per heavy atom. The van der Waals surface area contributed by atoms with Gasteiger partial charge in [0.15, 0.2) is 0 Å². The highest BCUT2D eigenvalue weighted by Gasteiger charge is 2.06. The second-order valence-corrected chi connectivity index (χ2v) is 4.24. The summed E-state index contributed by atoms with van der Waals surface area (Å²) < 4.78 is 0. The Morgan fingerprint density at radius 2 is 2.00 bits per heavy atom. The second-order valence-electron chi connectivity index (χ2n) is 4.24. The molecule has 0 radical (unpaired) electrons. The Bertz CT molecular complexity index is 645. The van der Waals surface area contributed by atoms with Gasteiger partial charge in [-0.2, -0.15) is 5.26 Å². The van der Waals surface area contributed by atoms with Gasteiger partial charge in [-0.1, -0.05) is 24.3 Å². The number of carboxylic acids is 1. The average Bonchev–Trinajstić information content (AvgIpc) is 2.46. The molecule has 1 heterocycles. The van der Waals surface area contributed by atoms with Gasteiger partial charge in [0.2, 0.25) is 0 Å². The lowest BCUT2D eigenvalue weighted by Crippen LogP contribution is -2.07. The number of nitrogens with one attached hydrogen (secondary N) is 1. The van der Waals surface area contributed by atoms with Crippen LogP contribution in [0, 0.1) is 11.3 Å². The zero-order valence-corrected chi connectivity index (χ0v) is 10.7. The molecule has 0 bridgehead atoms. The van der Waals surface area contributed by atoms with E-state index >= 15 is 0 Å². The van der Waals surface area contributed by atoms with E-state index in [0.717, 1.165) is 16.8 Å². The van der Waals surface area contributed by atoms with Crippen molar-refractivity contribution in [1.29, 1.82) is 5.26 Å². The van der Waals surface area contributed by atoms with E-state index in [1.54, 1.807) is 18.3 Å². The summed E-state index contributed by atoms with van der Waals surface area (Å²) in [5.41, 5.74) is 2.87. The number of benzene rings is 1. The van der Waals surface area contributed by atoms with Crippen LogP contribution in [0.2, 0.25) is 0 Å². The van der Waals surface area contributed by atoms with Gasteiger partial charge in [0.05, 0.1) is 18.3 Å². The highest BCUT2D eigenvalue weighted by molar-refractivity contribution is 5.70. The third-order valence-electron chi connectivity index (χ3n) is 2.82. The number of anilines is 1. The Labute approximate surface area is 116 Å². The van der Waals surface area contributed by atoms with E-state index in [1.807, 2.05) is 30.3 Å². The van der Waals surface area contributed by atoms with Crippen LogP contribution in [-0.2, 0) is 17.8 Å². The van der Waals surface area contributed by atoms with Crippen molar-refractivity contribution < 1.29 is 9.90 Å². The SMILES string of the molecule is N#Cc1ccc(NCc2ccccc2CC(=O)O)cn1. The monoisotopic (exact) mass is 267 g/mol. The zero-order chi connectivity index (χ0) is 14.4. The third-order valence-corrected chi connectivity index (χ3v) is 2.82. The first kappa shape index (κ1) is 13.6. The van der Waals surface area contributed by atoms with Gasteiger partial charge < -0.3 is 10.4 Å². The van der Waals surface area contributed by atoms with Crippen LogP contribution in [0.15, 0.2) is 42.6 Å². The van der Waals surface area contributed by atoms with Crippen molar-refractivity contribution in [3.8, 4) is 6.07 Å². The summed E-state index contributed by atoms with van der Waals surface area (Å²) in [5, 5.41) is 20.7. The van der Waals surface area contributed by atoms with E-state index in [9.17, 15) is 4.79 Å². The molecule has 5 nitrogen and oxygen atoms in total. The molecule has 1 aromatic heterocycles. The second kappa shape index (κ2) is 6.34. The van der Waals surface area contributed by atoms with Crippen LogP contribution in [0.25, 0.3) is 0 Å². The highest BCUT2D eigenvalue weighted by atomic mass is 16.4. The van der Waals surface area contributed by atoms with Gasteiger partial charge in [-0.25, -0.2) is 4.98 Å². The summed E-state index contributed by atoms with van der Waals surface area (Å²) in [6, 6.07) is 12.8. The first-order valence-electron chi connectivity index (χ1n) is 6.07. The molecule has 0 spiro atoms. The van der Waals surface area contributed by atoms with Crippen molar-refractivity contribution in [2.24, 2.45) is 0 Å².